The Hall–Kier alpha value is -5.44. The lowest BCUT2D eigenvalue weighted by Gasteiger charge is -2.31. The minimum atomic E-state index is -1.11. The second kappa shape index (κ2) is 16.7. The van der Waals surface area contributed by atoms with Gasteiger partial charge in [0.05, 0.1) is 47.9 Å². The van der Waals surface area contributed by atoms with E-state index in [0.29, 0.717) is 80.5 Å². The van der Waals surface area contributed by atoms with Crippen LogP contribution in [0.2, 0.25) is 10.0 Å². The number of hydrogen-bond donors (Lipinski definition) is 3. The lowest BCUT2D eigenvalue weighted by atomic mass is 10.00. The Morgan fingerprint density at radius 2 is 1.77 bits per heavy atom. The maximum absolute atomic E-state index is 12.1. The first kappa shape index (κ1) is 38.8. The summed E-state index contributed by atoms with van der Waals surface area (Å²) in [6.45, 7) is 3.85. The topological polar surface area (TPSA) is 164 Å². The quantitative estimate of drug-likeness (QED) is 0.130. The monoisotopic (exact) mass is 800 g/mol. The number of imidazole rings is 1. The first-order chi connectivity index (χ1) is 27.0. The molecule has 16 heteroatoms. The van der Waals surface area contributed by atoms with E-state index in [2.05, 4.69) is 15.6 Å². The summed E-state index contributed by atoms with van der Waals surface area (Å²) in [6.07, 6.45) is 7.18. The third-order valence-corrected chi connectivity index (χ3v) is 11.1. The second-order valence-corrected chi connectivity index (χ2v) is 14.7. The molecule has 5 aromatic rings. The number of benzene rings is 1. The number of methoxy groups -OCH3 is 2. The molecule has 0 bridgehead atoms. The number of aromatic nitrogens is 4. The highest BCUT2D eigenvalue weighted by molar-refractivity contribution is 6.39. The molecule has 0 saturated carbocycles. The summed E-state index contributed by atoms with van der Waals surface area (Å²) >= 11 is 14.3. The lowest BCUT2D eigenvalue weighted by molar-refractivity contribution is -0.130. The number of fused-ring (bicyclic) bond motifs is 1. The van der Waals surface area contributed by atoms with Crippen molar-refractivity contribution in [1.82, 2.24) is 39.8 Å². The third kappa shape index (κ3) is 8.23. The van der Waals surface area contributed by atoms with Crippen LogP contribution in [0, 0.1) is 0 Å². The minimum Gasteiger partial charge on any atom is -0.493 e. The summed E-state index contributed by atoms with van der Waals surface area (Å²) in [6, 6.07) is 12.8. The normalized spacial score (nSPS) is 15.9. The number of carboxylic acid groups (broad SMARTS) is 1. The number of likely N-dealkylation sites (tertiary alicyclic amines) is 1. The van der Waals surface area contributed by atoms with Crippen molar-refractivity contribution in [2.45, 2.75) is 57.8 Å². The van der Waals surface area contributed by atoms with Crippen LogP contribution >= 0.6 is 23.2 Å². The van der Waals surface area contributed by atoms with E-state index >= 15 is 0 Å². The van der Waals surface area contributed by atoms with Gasteiger partial charge in [-0.15, -0.1) is 0 Å². The van der Waals surface area contributed by atoms with E-state index in [9.17, 15) is 19.5 Å². The Bertz CT molecular complexity index is 2290. The fourth-order valence-corrected chi connectivity index (χ4v) is 7.98. The van der Waals surface area contributed by atoms with Gasteiger partial charge in [-0.25, -0.2) is 14.8 Å². The van der Waals surface area contributed by atoms with Crippen LogP contribution in [0.5, 0.6) is 11.6 Å². The zero-order valence-corrected chi connectivity index (χ0v) is 32.7. The van der Waals surface area contributed by atoms with Crippen molar-refractivity contribution in [3.63, 3.8) is 0 Å². The number of halogens is 2. The molecule has 0 spiro atoms. The molecule has 1 atom stereocenters. The Kier molecular flexibility index (Phi) is 11.6. The predicted molar refractivity (Wildman–Crippen MR) is 212 cm³/mol. The van der Waals surface area contributed by atoms with Crippen molar-refractivity contribution in [3.8, 4) is 45.3 Å². The maximum Gasteiger partial charge on any atom is 0.407 e. The Balaban J connectivity index is 1.13. The van der Waals surface area contributed by atoms with Gasteiger partial charge in [-0.3, -0.25) is 14.6 Å². The van der Waals surface area contributed by atoms with Crippen LogP contribution in [0.1, 0.15) is 43.9 Å². The van der Waals surface area contributed by atoms with Crippen LogP contribution in [0.25, 0.3) is 39.3 Å². The summed E-state index contributed by atoms with van der Waals surface area (Å²) in [5, 5.41) is 17.1. The first-order valence-electron chi connectivity index (χ1n) is 18.3. The van der Waals surface area contributed by atoms with Crippen LogP contribution in [0.3, 0.4) is 0 Å². The van der Waals surface area contributed by atoms with Crippen LogP contribution in [0.15, 0.2) is 61.1 Å². The number of rotatable bonds is 12. The van der Waals surface area contributed by atoms with E-state index in [1.165, 1.54) is 12.0 Å². The van der Waals surface area contributed by atoms with Crippen molar-refractivity contribution in [1.29, 1.82) is 0 Å². The lowest BCUT2D eigenvalue weighted by Crippen LogP contribution is -2.43. The van der Waals surface area contributed by atoms with Gasteiger partial charge in [-0.1, -0.05) is 41.4 Å². The molecule has 292 valence electrons. The molecule has 6 heterocycles. The van der Waals surface area contributed by atoms with Gasteiger partial charge >= 0.3 is 6.09 Å². The number of hydrogen-bond acceptors (Lipinski definition) is 9. The predicted octanol–water partition coefficient (Wildman–Crippen LogP) is 6.31. The molecule has 1 aromatic carbocycles. The number of nitrogens with zero attached hydrogens (tertiary/aromatic N) is 6. The summed E-state index contributed by atoms with van der Waals surface area (Å²) in [5.74, 6) is 0.851. The first-order valence-corrected chi connectivity index (χ1v) is 19.1. The summed E-state index contributed by atoms with van der Waals surface area (Å²) in [7, 11) is 3.07. The zero-order chi connectivity index (χ0) is 39.5. The summed E-state index contributed by atoms with van der Waals surface area (Å²) < 4.78 is 13.3. The highest BCUT2D eigenvalue weighted by atomic mass is 35.5. The van der Waals surface area contributed by atoms with E-state index < -0.39 is 6.09 Å². The van der Waals surface area contributed by atoms with Crippen molar-refractivity contribution in [2.75, 3.05) is 33.9 Å². The number of ether oxygens (including phenoxy) is 2. The molecule has 4 aromatic heterocycles. The smallest absolute Gasteiger partial charge is 0.407 e. The number of amides is 3. The van der Waals surface area contributed by atoms with Crippen LogP contribution in [0.4, 0.5) is 4.79 Å². The van der Waals surface area contributed by atoms with Crippen LogP contribution in [-0.2, 0) is 22.7 Å². The van der Waals surface area contributed by atoms with Crippen molar-refractivity contribution < 1.29 is 29.0 Å². The van der Waals surface area contributed by atoms with E-state index in [0.717, 1.165) is 37.2 Å². The molecule has 0 aliphatic carbocycles. The maximum atomic E-state index is 12.1. The van der Waals surface area contributed by atoms with Gasteiger partial charge in [-0.05, 0) is 43.5 Å². The van der Waals surface area contributed by atoms with Gasteiger partial charge in [0.25, 0.3) is 0 Å². The molecule has 2 fully saturated rings. The zero-order valence-electron chi connectivity index (χ0n) is 31.2. The van der Waals surface area contributed by atoms with E-state index in [4.69, 9.17) is 42.6 Å². The average Bonchev–Trinajstić information content (AvgIpc) is 3.82. The van der Waals surface area contributed by atoms with Crippen LogP contribution < -0.4 is 20.1 Å². The number of carbonyl (C=O) groups is 3. The molecule has 56 heavy (non-hydrogen) atoms. The SMILES string of the molecule is COc1nc(-c2cccc(-c3ccnc(-c4cc(OC)c5nc(CNC6CCN(C(C)=O)CC6)cn5c4)c3Cl)c2Cl)ccc1CN(CC1CCC(=O)N1)C(=O)O. The molecule has 2 saturated heterocycles. The molecule has 2 aliphatic rings. The van der Waals surface area contributed by atoms with Gasteiger partial charge in [0.2, 0.25) is 17.7 Å². The van der Waals surface area contributed by atoms with Gasteiger partial charge < -0.3 is 39.4 Å². The molecular formula is C40H42Cl2N8O6. The number of pyridine rings is 3. The van der Waals surface area contributed by atoms with Crippen molar-refractivity contribution >= 4 is 46.8 Å². The highest BCUT2D eigenvalue weighted by Gasteiger charge is 2.27. The molecule has 1 unspecified atom stereocenters. The standard InChI is InChI=1S/C40H42Cl2N8O6/c1-23(51)48-15-12-26(13-16-48)44-18-28-22-49-20-25(17-33(55-2)38(49)46-28)37-36(42)30(11-14-43-37)29-5-4-6-31(35(29)41)32-9-7-24(39(47-32)56-3)19-50(40(53)54)21-27-8-10-34(52)45-27/h4-7,9,11,14,17,20,22,26-27,44H,8,10,12-13,15-16,18-19,21H2,1-3H3,(H,45,52)(H,53,54). The Labute approximate surface area is 333 Å². The number of nitrogens with one attached hydrogen (secondary N) is 2. The average molecular weight is 802 g/mol. The van der Waals surface area contributed by atoms with E-state index in [1.807, 2.05) is 46.0 Å². The molecule has 2 aliphatic heterocycles. The highest BCUT2D eigenvalue weighted by Crippen LogP contribution is 2.42. The second-order valence-electron chi connectivity index (χ2n) is 13.9. The van der Waals surface area contributed by atoms with Gasteiger partial charge in [0.1, 0.15) is 0 Å². The minimum absolute atomic E-state index is 0.0256. The number of piperidine rings is 1. The molecule has 0 radical (unpaired) electrons. The van der Waals surface area contributed by atoms with Crippen molar-refractivity contribution in [3.05, 3.63) is 82.4 Å². The fourth-order valence-electron chi connectivity index (χ4n) is 7.33. The van der Waals surface area contributed by atoms with E-state index in [1.54, 1.807) is 38.4 Å². The molecule has 7 rings (SSSR count). The summed E-state index contributed by atoms with van der Waals surface area (Å²) in [5.41, 5.74) is 5.80. The van der Waals surface area contributed by atoms with E-state index in [-0.39, 0.29) is 36.8 Å². The van der Waals surface area contributed by atoms with Crippen molar-refractivity contribution in [2.24, 2.45) is 0 Å². The third-order valence-electron chi connectivity index (χ3n) is 10.3. The number of carbonyl (C=O) groups excluding carboxylic acids is 2. The molecule has 3 amide bonds. The Morgan fingerprint density at radius 1 is 1.00 bits per heavy atom. The fraction of sp³-hybridized carbons (Fsp3) is 0.350. The molecule has 14 nitrogen and oxygen atoms in total. The van der Waals surface area contributed by atoms with Gasteiger partial charge in [0.15, 0.2) is 11.4 Å². The molecule has 3 N–H and O–H groups in total. The van der Waals surface area contributed by atoms with Crippen LogP contribution in [-0.4, -0.2) is 98.1 Å². The van der Waals surface area contributed by atoms with Gasteiger partial charge in [0, 0.05) is 98.0 Å². The summed E-state index contributed by atoms with van der Waals surface area (Å²) in [4.78, 5) is 52.8. The Morgan fingerprint density at radius 3 is 2.46 bits per heavy atom. The largest absolute Gasteiger partial charge is 0.493 e. The molecular weight excluding hydrogens is 759 g/mol. The van der Waals surface area contributed by atoms with Gasteiger partial charge in [-0.2, -0.15) is 0 Å².